The fraction of sp³-hybridized carbons (Fsp3) is 0.389. The van der Waals surface area contributed by atoms with Crippen LogP contribution in [0.5, 0.6) is 0 Å². The second-order valence-corrected chi connectivity index (χ2v) is 6.12. The van der Waals surface area contributed by atoms with Gasteiger partial charge < -0.3 is 10.5 Å². The Morgan fingerprint density at radius 3 is 2.92 bits per heavy atom. The van der Waals surface area contributed by atoms with Crippen molar-refractivity contribution in [3.63, 3.8) is 0 Å². The molecule has 1 aliphatic heterocycles. The van der Waals surface area contributed by atoms with E-state index in [1.54, 1.807) is 6.07 Å². The van der Waals surface area contributed by atoms with E-state index >= 15 is 0 Å². The monoisotopic (exact) mass is 326 g/mol. The van der Waals surface area contributed by atoms with E-state index in [1.807, 2.05) is 6.07 Å². The van der Waals surface area contributed by atoms with Crippen LogP contribution in [0.15, 0.2) is 42.7 Å². The SMILES string of the molecule is NC(=O)c1cc(CC2COCCN(Cc3ccccc3)C2)ncn1. The van der Waals surface area contributed by atoms with Crippen molar-refractivity contribution in [3.8, 4) is 0 Å². The topological polar surface area (TPSA) is 81.3 Å². The summed E-state index contributed by atoms with van der Waals surface area (Å²) < 4.78 is 5.75. The Morgan fingerprint density at radius 1 is 1.29 bits per heavy atom. The summed E-state index contributed by atoms with van der Waals surface area (Å²) in [4.78, 5) is 21.8. The molecule has 0 spiro atoms. The van der Waals surface area contributed by atoms with Gasteiger partial charge in [0.1, 0.15) is 12.0 Å². The number of aromatic nitrogens is 2. The number of carbonyl (C=O) groups excluding carboxylic acids is 1. The maximum absolute atomic E-state index is 11.3. The lowest BCUT2D eigenvalue weighted by molar-refractivity contribution is 0.0995. The van der Waals surface area contributed by atoms with E-state index in [0.29, 0.717) is 12.5 Å². The zero-order valence-electron chi connectivity index (χ0n) is 13.6. The highest BCUT2D eigenvalue weighted by molar-refractivity contribution is 5.90. The van der Waals surface area contributed by atoms with Gasteiger partial charge in [0.05, 0.1) is 13.2 Å². The van der Waals surface area contributed by atoms with E-state index < -0.39 is 5.91 Å². The highest BCUT2D eigenvalue weighted by Gasteiger charge is 2.20. The van der Waals surface area contributed by atoms with Gasteiger partial charge in [-0.05, 0) is 18.1 Å². The van der Waals surface area contributed by atoms with E-state index in [1.165, 1.54) is 11.9 Å². The number of hydrogen-bond acceptors (Lipinski definition) is 5. The molecule has 1 amide bonds. The predicted molar refractivity (Wildman–Crippen MR) is 90.3 cm³/mol. The molecule has 1 aromatic carbocycles. The molecule has 2 heterocycles. The van der Waals surface area contributed by atoms with Gasteiger partial charge in [0.2, 0.25) is 0 Å². The Kier molecular flexibility index (Phi) is 5.51. The minimum absolute atomic E-state index is 0.260. The van der Waals surface area contributed by atoms with Gasteiger partial charge in [-0.3, -0.25) is 9.69 Å². The molecule has 1 unspecified atom stereocenters. The zero-order chi connectivity index (χ0) is 16.8. The molecule has 0 aliphatic carbocycles. The fourth-order valence-electron chi connectivity index (χ4n) is 3.00. The van der Waals surface area contributed by atoms with Gasteiger partial charge in [-0.15, -0.1) is 0 Å². The number of ether oxygens (including phenoxy) is 1. The van der Waals surface area contributed by atoms with Crippen molar-refractivity contribution >= 4 is 5.91 Å². The highest BCUT2D eigenvalue weighted by Crippen LogP contribution is 2.15. The van der Waals surface area contributed by atoms with Gasteiger partial charge in [-0.2, -0.15) is 0 Å². The molecule has 1 aliphatic rings. The summed E-state index contributed by atoms with van der Waals surface area (Å²) in [5, 5.41) is 0. The van der Waals surface area contributed by atoms with Crippen molar-refractivity contribution in [1.29, 1.82) is 0 Å². The van der Waals surface area contributed by atoms with Crippen LogP contribution in [-0.4, -0.2) is 47.1 Å². The Morgan fingerprint density at radius 2 is 2.12 bits per heavy atom. The van der Waals surface area contributed by atoms with Crippen LogP contribution in [0, 0.1) is 5.92 Å². The van der Waals surface area contributed by atoms with Gasteiger partial charge in [0.25, 0.3) is 5.91 Å². The van der Waals surface area contributed by atoms with Crippen LogP contribution in [0.25, 0.3) is 0 Å². The second-order valence-electron chi connectivity index (χ2n) is 6.12. The van der Waals surface area contributed by atoms with Crippen LogP contribution >= 0.6 is 0 Å². The smallest absolute Gasteiger partial charge is 0.267 e. The first kappa shape index (κ1) is 16.5. The standard InChI is InChI=1S/C18H22N4O2/c19-18(23)17-9-16(20-13-21-17)8-15-11-22(6-7-24-12-15)10-14-4-2-1-3-5-14/h1-5,9,13,15H,6-8,10-12H2,(H2,19,23). The number of primary amides is 1. The summed E-state index contributed by atoms with van der Waals surface area (Å²) in [6.07, 6.45) is 2.14. The minimum atomic E-state index is -0.526. The summed E-state index contributed by atoms with van der Waals surface area (Å²) in [5.41, 5.74) is 7.68. The molecule has 0 saturated carbocycles. The van der Waals surface area contributed by atoms with Gasteiger partial charge in [0, 0.05) is 31.2 Å². The molecule has 0 radical (unpaired) electrons. The Labute approximate surface area is 141 Å². The number of benzene rings is 1. The second kappa shape index (κ2) is 7.99. The lowest BCUT2D eigenvalue weighted by atomic mass is 10.0. The predicted octanol–water partition coefficient (Wildman–Crippen LogP) is 1.27. The fourth-order valence-corrected chi connectivity index (χ4v) is 3.00. The molecular formula is C18H22N4O2. The molecule has 126 valence electrons. The number of carbonyl (C=O) groups is 1. The van der Waals surface area contributed by atoms with Crippen molar-refractivity contribution in [2.24, 2.45) is 11.7 Å². The summed E-state index contributed by atoms with van der Waals surface area (Å²) in [6.45, 7) is 4.20. The molecule has 1 saturated heterocycles. The highest BCUT2D eigenvalue weighted by atomic mass is 16.5. The van der Waals surface area contributed by atoms with Crippen LogP contribution < -0.4 is 5.73 Å². The lowest BCUT2D eigenvalue weighted by Gasteiger charge is -2.23. The summed E-state index contributed by atoms with van der Waals surface area (Å²) in [7, 11) is 0. The average Bonchev–Trinajstić information content (AvgIpc) is 2.81. The van der Waals surface area contributed by atoms with Gasteiger partial charge in [-0.25, -0.2) is 9.97 Å². The van der Waals surface area contributed by atoms with Gasteiger partial charge in [-0.1, -0.05) is 30.3 Å². The molecule has 1 aromatic heterocycles. The third-order valence-electron chi connectivity index (χ3n) is 4.14. The number of amides is 1. The van der Waals surface area contributed by atoms with E-state index in [9.17, 15) is 4.79 Å². The summed E-state index contributed by atoms with van der Waals surface area (Å²) in [6, 6.07) is 12.1. The van der Waals surface area contributed by atoms with Crippen molar-refractivity contribution in [2.45, 2.75) is 13.0 Å². The van der Waals surface area contributed by atoms with E-state index in [4.69, 9.17) is 10.5 Å². The Balaban J connectivity index is 1.64. The maximum atomic E-state index is 11.3. The molecule has 2 aromatic rings. The first-order valence-electron chi connectivity index (χ1n) is 8.15. The van der Waals surface area contributed by atoms with Crippen LogP contribution in [0.2, 0.25) is 0 Å². The lowest BCUT2D eigenvalue weighted by Crippen LogP contribution is -2.30. The number of hydrogen-bond donors (Lipinski definition) is 1. The first-order chi connectivity index (χ1) is 11.7. The molecular weight excluding hydrogens is 304 g/mol. The van der Waals surface area contributed by atoms with Crippen molar-refractivity contribution in [2.75, 3.05) is 26.3 Å². The third-order valence-corrected chi connectivity index (χ3v) is 4.14. The molecule has 1 atom stereocenters. The average molecular weight is 326 g/mol. The van der Waals surface area contributed by atoms with Gasteiger partial charge >= 0.3 is 0 Å². The molecule has 0 bridgehead atoms. The van der Waals surface area contributed by atoms with Crippen LogP contribution in [0.3, 0.4) is 0 Å². The molecule has 1 fully saturated rings. The largest absolute Gasteiger partial charge is 0.380 e. The Hall–Kier alpha value is -2.31. The molecule has 24 heavy (non-hydrogen) atoms. The normalized spacial score (nSPS) is 18.9. The summed E-state index contributed by atoms with van der Waals surface area (Å²) in [5.74, 6) is -0.201. The molecule has 6 nitrogen and oxygen atoms in total. The van der Waals surface area contributed by atoms with Crippen LogP contribution in [-0.2, 0) is 17.7 Å². The van der Waals surface area contributed by atoms with Crippen LogP contribution in [0.1, 0.15) is 21.7 Å². The molecule has 6 heteroatoms. The zero-order valence-corrected chi connectivity index (χ0v) is 13.6. The molecule has 2 N–H and O–H groups in total. The van der Waals surface area contributed by atoms with Crippen molar-refractivity contribution in [1.82, 2.24) is 14.9 Å². The third kappa shape index (κ3) is 4.59. The quantitative estimate of drug-likeness (QED) is 0.895. The minimum Gasteiger partial charge on any atom is -0.380 e. The number of nitrogens with zero attached hydrogens (tertiary/aromatic N) is 3. The van der Waals surface area contributed by atoms with Crippen molar-refractivity contribution < 1.29 is 9.53 Å². The van der Waals surface area contributed by atoms with E-state index in [0.717, 1.165) is 38.4 Å². The number of nitrogens with two attached hydrogens (primary N) is 1. The van der Waals surface area contributed by atoms with Crippen LogP contribution in [0.4, 0.5) is 0 Å². The van der Waals surface area contributed by atoms with E-state index in [2.05, 4.69) is 39.1 Å². The Bertz CT molecular complexity index is 678. The molecule has 3 rings (SSSR count). The van der Waals surface area contributed by atoms with Crippen molar-refractivity contribution in [3.05, 3.63) is 59.7 Å². The number of rotatable bonds is 5. The first-order valence-corrected chi connectivity index (χ1v) is 8.15. The summed E-state index contributed by atoms with van der Waals surface area (Å²) >= 11 is 0. The van der Waals surface area contributed by atoms with E-state index in [-0.39, 0.29) is 5.69 Å². The van der Waals surface area contributed by atoms with Gasteiger partial charge in [0.15, 0.2) is 0 Å². The maximum Gasteiger partial charge on any atom is 0.267 e.